The highest BCUT2D eigenvalue weighted by atomic mass is 35.5. The maximum Gasteiger partial charge on any atom is 0.308 e. The second-order valence-electron chi connectivity index (χ2n) is 4.81. The Morgan fingerprint density at radius 1 is 1.32 bits per heavy atom. The lowest BCUT2D eigenvalue weighted by Gasteiger charge is -2.29. The summed E-state index contributed by atoms with van der Waals surface area (Å²) in [6.07, 6.45) is 3.82. The molecule has 0 heterocycles. The van der Waals surface area contributed by atoms with E-state index in [1.807, 2.05) is 24.3 Å². The fraction of sp³-hybridized carbons (Fsp3) is 0.500. The van der Waals surface area contributed by atoms with E-state index in [4.69, 9.17) is 11.6 Å². The number of nitrogens with one attached hydrogen (secondary N) is 1. The molecule has 1 aliphatic rings. The summed E-state index contributed by atoms with van der Waals surface area (Å²) in [7, 11) is 0. The van der Waals surface area contributed by atoms with Gasteiger partial charge < -0.3 is 10.4 Å². The largest absolute Gasteiger partial charge is 0.481 e. The highest BCUT2D eigenvalue weighted by Gasteiger charge is 2.30. The van der Waals surface area contributed by atoms with Crippen LogP contribution in [0.2, 0.25) is 5.02 Å². The van der Waals surface area contributed by atoms with Gasteiger partial charge >= 0.3 is 5.97 Å². The molecule has 0 radical (unpaired) electrons. The topological polar surface area (TPSA) is 49.3 Å². The van der Waals surface area contributed by atoms with Crippen LogP contribution in [0.3, 0.4) is 0 Å². The maximum absolute atomic E-state index is 11.2. The summed E-state index contributed by atoms with van der Waals surface area (Å²) in [6.45, 7) is 0.633. The van der Waals surface area contributed by atoms with E-state index in [2.05, 4.69) is 5.32 Å². The fourth-order valence-corrected chi connectivity index (χ4v) is 2.76. The molecule has 2 atom stereocenters. The minimum atomic E-state index is -0.689. The summed E-state index contributed by atoms with van der Waals surface area (Å²) in [5.74, 6) is -0.951. The Balaban J connectivity index is 0.00000180. The van der Waals surface area contributed by atoms with Gasteiger partial charge in [-0.15, -0.1) is 12.4 Å². The van der Waals surface area contributed by atoms with Crippen molar-refractivity contribution in [2.75, 3.05) is 0 Å². The van der Waals surface area contributed by atoms with Gasteiger partial charge in [0.05, 0.1) is 5.92 Å². The molecule has 0 aliphatic heterocycles. The summed E-state index contributed by atoms with van der Waals surface area (Å²) >= 11 is 6.08. The van der Waals surface area contributed by atoms with E-state index in [0.29, 0.717) is 6.54 Å². The predicted molar refractivity (Wildman–Crippen MR) is 78.9 cm³/mol. The van der Waals surface area contributed by atoms with Crippen LogP contribution in [0, 0.1) is 5.92 Å². The monoisotopic (exact) mass is 303 g/mol. The molecule has 2 N–H and O–H groups in total. The molecule has 2 unspecified atom stereocenters. The third-order valence-corrected chi connectivity index (χ3v) is 3.96. The Labute approximate surface area is 124 Å². The molecule has 19 heavy (non-hydrogen) atoms. The van der Waals surface area contributed by atoms with Gasteiger partial charge in [0.25, 0.3) is 0 Å². The summed E-state index contributed by atoms with van der Waals surface area (Å²) < 4.78 is 0. The average Bonchev–Trinajstić information content (AvgIpc) is 2.38. The Hall–Kier alpha value is -0.770. The number of carbonyl (C=O) groups is 1. The Kier molecular flexibility index (Phi) is 6.63. The van der Waals surface area contributed by atoms with Crippen molar-refractivity contribution in [2.24, 2.45) is 5.92 Å². The van der Waals surface area contributed by atoms with Gasteiger partial charge in [-0.25, -0.2) is 0 Å². The van der Waals surface area contributed by atoms with Crippen molar-refractivity contribution in [3.63, 3.8) is 0 Å². The number of carboxylic acids is 1. The molecule has 1 saturated carbocycles. The quantitative estimate of drug-likeness (QED) is 0.895. The van der Waals surface area contributed by atoms with E-state index in [-0.39, 0.29) is 24.4 Å². The van der Waals surface area contributed by atoms with Crippen LogP contribution in [0.4, 0.5) is 0 Å². The van der Waals surface area contributed by atoms with Crippen LogP contribution < -0.4 is 5.32 Å². The molecule has 5 heteroatoms. The van der Waals surface area contributed by atoms with Crippen molar-refractivity contribution >= 4 is 30.0 Å². The van der Waals surface area contributed by atoms with Gasteiger partial charge in [-0.2, -0.15) is 0 Å². The predicted octanol–water partition coefficient (Wildman–Crippen LogP) is 3.49. The van der Waals surface area contributed by atoms with Gasteiger partial charge in [-0.3, -0.25) is 4.79 Å². The summed E-state index contributed by atoms with van der Waals surface area (Å²) in [5.41, 5.74) is 1.02. The van der Waals surface area contributed by atoms with Gasteiger partial charge in [-0.05, 0) is 24.5 Å². The Morgan fingerprint density at radius 3 is 2.68 bits per heavy atom. The SMILES string of the molecule is Cl.O=C(O)C1CCCCC1NCc1ccccc1Cl. The van der Waals surface area contributed by atoms with Gasteiger partial charge in [-0.1, -0.05) is 42.6 Å². The van der Waals surface area contributed by atoms with Crippen LogP contribution in [0.5, 0.6) is 0 Å². The highest BCUT2D eigenvalue weighted by molar-refractivity contribution is 6.31. The Morgan fingerprint density at radius 2 is 2.00 bits per heavy atom. The second-order valence-corrected chi connectivity index (χ2v) is 5.22. The van der Waals surface area contributed by atoms with Gasteiger partial charge in [0, 0.05) is 17.6 Å². The summed E-state index contributed by atoms with van der Waals surface area (Å²) in [6, 6.07) is 7.72. The van der Waals surface area contributed by atoms with Crippen molar-refractivity contribution in [3.05, 3.63) is 34.9 Å². The lowest BCUT2D eigenvalue weighted by atomic mass is 9.84. The summed E-state index contributed by atoms with van der Waals surface area (Å²) in [4.78, 5) is 11.2. The van der Waals surface area contributed by atoms with E-state index < -0.39 is 5.97 Å². The zero-order valence-corrected chi connectivity index (χ0v) is 12.2. The standard InChI is InChI=1S/C14H18ClNO2.ClH/c15-12-7-3-1-5-10(12)9-16-13-8-4-2-6-11(13)14(17)18;/h1,3,5,7,11,13,16H,2,4,6,8-9H2,(H,17,18);1H. The lowest BCUT2D eigenvalue weighted by Crippen LogP contribution is -2.41. The number of benzene rings is 1. The molecule has 0 amide bonds. The first-order valence-corrected chi connectivity index (χ1v) is 6.76. The van der Waals surface area contributed by atoms with E-state index in [0.717, 1.165) is 36.3 Å². The van der Waals surface area contributed by atoms with Crippen molar-refractivity contribution in [2.45, 2.75) is 38.3 Å². The first-order chi connectivity index (χ1) is 8.68. The number of aliphatic carboxylic acids is 1. The zero-order chi connectivity index (χ0) is 13.0. The highest BCUT2D eigenvalue weighted by Crippen LogP contribution is 2.25. The van der Waals surface area contributed by atoms with Crippen LogP contribution in [0.15, 0.2) is 24.3 Å². The molecule has 1 fully saturated rings. The van der Waals surface area contributed by atoms with Crippen molar-refractivity contribution in [3.8, 4) is 0 Å². The molecule has 1 aromatic carbocycles. The number of hydrogen-bond donors (Lipinski definition) is 2. The number of rotatable bonds is 4. The van der Waals surface area contributed by atoms with E-state index in [1.165, 1.54) is 0 Å². The normalized spacial score (nSPS) is 22.6. The Bertz CT molecular complexity index is 426. The molecule has 1 aliphatic carbocycles. The van der Waals surface area contributed by atoms with Crippen LogP contribution >= 0.6 is 24.0 Å². The number of halogens is 2. The molecule has 0 bridgehead atoms. The molecule has 106 valence electrons. The first-order valence-electron chi connectivity index (χ1n) is 6.38. The van der Waals surface area contributed by atoms with Crippen LogP contribution in [0.25, 0.3) is 0 Å². The maximum atomic E-state index is 11.2. The van der Waals surface area contributed by atoms with E-state index >= 15 is 0 Å². The molecule has 0 spiro atoms. The minimum absolute atomic E-state index is 0. The van der Waals surface area contributed by atoms with Gasteiger partial charge in [0.15, 0.2) is 0 Å². The van der Waals surface area contributed by atoms with Gasteiger partial charge in [0.1, 0.15) is 0 Å². The number of hydrogen-bond acceptors (Lipinski definition) is 2. The minimum Gasteiger partial charge on any atom is -0.481 e. The molecule has 0 aromatic heterocycles. The van der Waals surface area contributed by atoms with Crippen molar-refractivity contribution in [1.82, 2.24) is 5.32 Å². The molecular formula is C14H19Cl2NO2. The third-order valence-electron chi connectivity index (χ3n) is 3.60. The zero-order valence-electron chi connectivity index (χ0n) is 10.6. The molecule has 0 saturated heterocycles. The third kappa shape index (κ3) is 4.37. The second kappa shape index (κ2) is 7.73. The lowest BCUT2D eigenvalue weighted by molar-refractivity contribution is -0.143. The molecule has 1 aromatic rings. The van der Waals surface area contributed by atoms with E-state index in [9.17, 15) is 9.90 Å². The van der Waals surface area contributed by atoms with Crippen LogP contribution in [-0.4, -0.2) is 17.1 Å². The molecule has 2 rings (SSSR count). The van der Waals surface area contributed by atoms with E-state index in [1.54, 1.807) is 0 Å². The van der Waals surface area contributed by atoms with Crippen LogP contribution in [-0.2, 0) is 11.3 Å². The molecule has 3 nitrogen and oxygen atoms in total. The van der Waals surface area contributed by atoms with Gasteiger partial charge in [0.2, 0.25) is 0 Å². The fourth-order valence-electron chi connectivity index (χ4n) is 2.55. The summed E-state index contributed by atoms with van der Waals surface area (Å²) in [5, 5.41) is 13.3. The van der Waals surface area contributed by atoms with Crippen molar-refractivity contribution < 1.29 is 9.90 Å². The molecular weight excluding hydrogens is 285 g/mol. The first kappa shape index (κ1) is 16.3. The van der Waals surface area contributed by atoms with Crippen LogP contribution in [0.1, 0.15) is 31.2 Å². The number of carboxylic acid groups (broad SMARTS) is 1. The van der Waals surface area contributed by atoms with Crippen molar-refractivity contribution in [1.29, 1.82) is 0 Å². The average molecular weight is 304 g/mol. The smallest absolute Gasteiger partial charge is 0.308 e.